The van der Waals surface area contributed by atoms with Crippen LogP contribution in [0.15, 0.2) is 85.5 Å². The summed E-state index contributed by atoms with van der Waals surface area (Å²) in [5.41, 5.74) is 4.53. The summed E-state index contributed by atoms with van der Waals surface area (Å²) in [6, 6.07) is 20.6. The second kappa shape index (κ2) is 13.0. The minimum absolute atomic E-state index is 0.300. The molecule has 2 aromatic heterocycles. The molecule has 8 heteroatoms. The van der Waals surface area contributed by atoms with E-state index < -0.39 is 0 Å². The number of pyridine rings is 2. The standard InChI is InChI=1S/C32H30N2O4S2/c1(3-27-5-7-29-31(21-27)37-23-35-29)25-9-13-33(14-10-25)17-19-39-40-20-18-34-15-11-26(12-16-34)2-4-28-6-8-30-32(22-28)38-24-36-30/h1-16,21-22H,17-20,23-24H2/q+2/b3-1+,4-2+. The van der Waals surface area contributed by atoms with Crippen LogP contribution in [0.4, 0.5) is 0 Å². The Morgan fingerprint density at radius 2 is 0.900 bits per heavy atom. The van der Waals surface area contributed by atoms with Crippen molar-refractivity contribution in [2.24, 2.45) is 0 Å². The van der Waals surface area contributed by atoms with Gasteiger partial charge in [-0.25, -0.2) is 9.13 Å². The number of aryl methyl sites for hydroxylation is 2. The Morgan fingerprint density at radius 1 is 0.500 bits per heavy atom. The van der Waals surface area contributed by atoms with Gasteiger partial charge in [0, 0.05) is 24.3 Å². The summed E-state index contributed by atoms with van der Waals surface area (Å²) in [4.78, 5) is 0. The second-order valence-electron chi connectivity index (χ2n) is 9.27. The fourth-order valence-electron chi connectivity index (χ4n) is 4.28. The Bertz CT molecular complexity index is 1390. The Kier molecular flexibility index (Phi) is 8.55. The van der Waals surface area contributed by atoms with Gasteiger partial charge in [-0.05, 0) is 46.5 Å². The van der Waals surface area contributed by atoms with Crippen LogP contribution in [0.2, 0.25) is 0 Å². The first-order valence-corrected chi connectivity index (χ1v) is 15.7. The highest BCUT2D eigenvalue weighted by atomic mass is 33.1. The van der Waals surface area contributed by atoms with Crippen LogP contribution >= 0.6 is 21.6 Å². The lowest BCUT2D eigenvalue weighted by Gasteiger charge is -2.00. The lowest BCUT2D eigenvalue weighted by Crippen LogP contribution is -2.34. The van der Waals surface area contributed by atoms with Crippen molar-refractivity contribution in [2.45, 2.75) is 13.1 Å². The Morgan fingerprint density at radius 3 is 1.35 bits per heavy atom. The molecule has 0 aliphatic carbocycles. The van der Waals surface area contributed by atoms with Crippen molar-refractivity contribution in [3.8, 4) is 23.0 Å². The highest BCUT2D eigenvalue weighted by molar-refractivity contribution is 8.76. The van der Waals surface area contributed by atoms with Crippen LogP contribution < -0.4 is 28.1 Å². The van der Waals surface area contributed by atoms with E-state index in [4.69, 9.17) is 18.9 Å². The summed E-state index contributed by atoms with van der Waals surface area (Å²) in [7, 11) is 3.84. The Balaban J connectivity index is 0.881. The third-order valence-electron chi connectivity index (χ3n) is 6.51. The van der Waals surface area contributed by atoms with E-state index in [-0.39, 0.29) is 0 Å². The number of hydrogen-bond donors (Lipinski definition) is 0. The van der Waals surface area contributed by atoms with E-state index in [9.17, 15) is 0 Å². The van der Waals surface area contributed by atoms with Gasteiger partial charge < -0.3 is 18.9 Å². The number of rotatable bonds is 11. The van der Waals surface area contributed by atoms with Gasteiger partial charge >= 0.3 is 0 Å². The van der Waals surface area contributed by atoms with E-state index >= 15 is 0 Å². The second-order valence-corrected chi connectivity index (χ2v) is 12.0. The van der Waals surface area contributed by atoms with Gasteiger partial charge in [0.05, 0.1) is 11.5 Å². The molecule has 202 valence electrons. The van der Waals surface area contributed by atoms with Crippen LogP contribution in [0, 0.1) is 0 Å². The van der Waals surface area contributed by atoms with Crippen molar-refractivity contribution in [2.75, 3.05) is 25.1 Å². The zero-order chi connectivity index (χ0) is 27.0. The maximum atomic E-state index is 5.45. The molecule has 6 nitrogen and oxygen atoms in total. The van der Waals surface area contributed by atoms with Crippen LogP contribution in [-0.4, -0.2) is 25.1 Å². The summed E-state index contributed by atoms with van der Waals surface area (Å²) in [6.07, 6.45) is 17.0. The third-order valence-corrected chi connectivity index (χ3v) is 8.88. The Labute approximate surface area is 242 Å². The SMILES string of the molecule is C(=C\c1ccc2c(c1)OCO2)/c1cc[n+](CCSSCC[n+]2ccc(/C=C/c3ccc4c(c3)OCO4)cc2)cc1. The van der Waals surface area contributed by atoms with E-state index in [1.165, 1.54) is 11.1 Å². The fraction of sp³-hybridized carbons (Fsp3) is 0.188. The number of hydrogen-bond acceptors (Lipinski definition) is 6. The molecule has 6 rings (SSSR count). The molecule has 0 spiro atoms. The first-order valence-electron chi connectivity index (χ1n) is 13.2. The molecule has 2 aliphatic heterocycles. The van der Waals surface area contributed by atoms with Crippen LogP contribution in [0.5, 0.6) is 23.0 Å². The quantitative estimate of drug-likeness (QED) is 0.123. The van der Waals surface area contributed by atoms with Gasteiger partial charge in [-0.2, -0.15) is 0 Å². The summed E-state index contributed by atoms with van der Waals surface area (Å²) in [5.74, 6) is 5.37. The number of aromatic nitrogens is 2. The predicted octanol–water partition coefficient (Wildman–Crippen LogP) is 6.14. The molecule has 0 N–H and O–H groups in total. The normalized spacial score (nSPS) is 13.5. The van der Waals surface area contributed by atoms with E-state index in [1.54, 1.807) is 0 Å². The smallest absolute Gasteiger partial charge is 0.231 e. The van der Waals surface area contributed by atoms with Crippen LogP contribution in [0.1, 0.15) is 22.3 Å². The minimum Gasteiger partial charge on any atom is -0.454 e. The van der Waals surface area contributed by atoms with Gasteiger partial charge in [-0.1, -0.05) is 58.0 Å². The maximum Gasteiger partial charge on any atom is 0.231 e. The summed E-state index contributed by atoms with van der Waals surface area (Å²) in [6.45, 7) is 2.57. The van der Waals surface area contributed by atoms with Gasteiger partial charge in [-0.15, -0.1) is 0 Å². The number of benzene rings is 2. The van der Waals surface area contributed by atoms with E-state index in [0.717, 1.165) is 58.7 Å². The molecule has 0 amide bonds. The molecule has 0 atom stereocenters. The number of ether oxygens (including phenoxy) is 4. The molecule has 0 radical (unpaired) electrons. The van der Waals surface area contributed by atoms with Crippen LogP contribution in [0.25, 0.3) is 24.3 Å². The van der Waals surface area contributed by atoms with E-state index in [2.05, 4.69) is 82.5 Å². The van der Waals surface area contributed by atoms with Crippen molar-refractivity contribution in [3.05, 3.63) is 108 Å². The molecule has 0 saturated heterocycles. The lowest BCUT2D eigenvalue weighted by molar-refractivity contribution is -0.692. The van der Waals surface area contributed by atoms with Crippen molar-refractivity contribution in [1.29, 1.82) is 0 Å². The lowest BCUT2D eigenvalue weighted by atomic mass is 10.1. The van der Waals surface area contributed by atoms with Gasteiger partial charge in [0.2, 0.25) is 13.6 Å². The first kappa shape index (κ1) is 26.3. The average molecular weight is 571 g/mol. The van der Waals surface area contributed by atoms with Gasteiger partial charge in [0.15, 0.2) is 60.9 Å². The molecule has 4 heterocycles. The number of nitrogens with zero attached hydrogens (tertiary/aromatic N) is 2. The molecular formula is C32H30N2O4S2+2. The van der Waals surface area contributed by atoms with Crippen LogP contribution in [0.3, 0.4) is 0 Å². The molecule has 40 heavy (non-hydrogen) atoms. The zero-order valence-corrected chi connectivity index (χ0v) is 23.6. The van der Waals surface area contributed by atoms with E-state index in [0.29, 0.717) is 13.6 Å². The predicted molar refractivity (Wildman–Crippen MR) is 161 cm³/mol. The molecular weight excluding hydrogens is 540 g/mol. The zero-order valence-electron chi connectivity index (χ0n) is 22.0. The molecule has 0 fully saturated rings. The molecule has 2 aromatic carbocycles. The average Bonchev–Trinajstić information content (AvgIpc) is 3.67. The topological polar surface area (TPSA) is 44.7 Å². The molecule has 2 aliphatic rings. The van der Waals surface area contributed by atoms with Crippen LogP contribution in [-0.2, 0) is 13.1 Å². The molecule has 4 aromatic rings. The highest BCUT2D eigenvalue weighted by Gasteiger charge is 2.13. The van der Waals surface area contributed by atoms with Crippen molar-refractivity contribution in [3.63, 3.8) is 0 Å². The van der Waals surface area contributed by atoms with Gasteiger partial charge in [0.25, 0.3) is 0 Å². The van der Waals surface area contributed by atoms with Crippen molar-refractivity contribution in [1.82, 2.24) is 0 Å². The summed E-state index contributed by atoms with van der Waals surface area (Å²) in [5, 5.41) is 0. The van der Waals surface area contributed by atoms with Gasteiger partial charge in [0.1, 0.15) is 0 Å². The first-order chi connectivity index (χ1) is 19.8. The molecule has 0 unspecified atom stereocenters. The van der Waals surface area contributed by atoms with E-state index in [1.807, 2.05) is 58.0 Å². The van der Waals surface area contributed by atoms with Crippen molar-refractivity contribution >= 4 is 45.9 Å². The monoisotopic (exact) mass is 570 g/mol. The Hall–Kier alpha value is -3.88. The number of fused-ring (bicyclic) bond motifs is 2. The largest absolute Gasteiger partial charge is 0.454 e. The summed E-state index contributed by atoms with van der Waals surface area (Å²) < 4.78 is 26.1. The minimum atomic E-state index is 0.300. The van der Waals surface area contributed by atoms with Crippen molar-refractivity contribution < 1.29 is 28.1 Å². The molecule has 0 saturated carbocycles. The molecule has 0 bridgehead atoms. The highest BCUT2D eigenvalue weighted by Crippen LogP contribution is 2.34. The fourth-order valence-corrected chi connectivity index (χ4v) is 6.24. The maximum absolute atomic E-state index is 5.45. The van der Waals surface area contributed by atoms with Gasteiger partial charge in [-0.3, -0.25) is 0 Å². The third kappa shape index (κ3) is 7.00. The summed E-state index contributed by atoms with van der Waals surface area (Å²) >= 11 is 0.